The quantitative estimate of drug-likeness (QED) is 0.749. The predicted molar refractivity (Wildman–Crippen MR) is 53.1 cm³/mol. The van der Waals surface area contributed by atoms with Gasteiger partial charge in [0, 0.05) is 11.1 Å². The Morgan fingerprint density at radius 3 is 2.50 bits per heavy atom. The van der Waals surface area contributed by atoms with Crippen molar-refractivity contribution in [3.05, 3.63) is 35.5 Å². The van der Waals surface area contributed by atoms with E-state index in [4.69, 9.17) is 0 Å². The summed E-state index contributed by atoms with van der Waals surface area (Å²) in [4.78, 5) is 3.98. The van der Waals surface area contributed by atoms with E-state index in [1.807, 2.05) is 0 Å². The number of fused-ring (bicyclic) bond motifs is 1. The first-order valence-electron chi connectivity index (χ1n) is 4.55. The number of pyridine rings is 1. The summed E-state index contributed by atoms with van der Waals surface area (Å²) in [5, 5.41) is 9.75. The third-order valence-electron chi connectivity index (χ3n) is 2.24. The Labute approximate surface area is 89.4 Å². The highest BCUT2D eigenvalue weighted by atomic mass is 19.4. The van der Waals surface area contributed by atoms with Crippen molar-refractivity contribution in [2.24, 2.45) is 0 Å². The topological polar surface area (TPSA) is 33.1 Å². The Morgan fingerprint density at radius 1 is 1.19 bits per heavy atom. The molecule has 84 valence electrons. The first kappa shape index (κ1) is 10.7. The van der Waals surface area contributed by atoms with Gasteiger partial charge in [0.15, 0.2) is 0 Å². The molecule has 1 heterocycles. The van der Waals surface area contributed by atoms with E-state index in [1.54, 1.807) is 13.0 Å². The molecule has 2 aromatic rings. The van der Waals surface area contributed by atoms with Crippen LogP contribution in [0.3, 0.4) is 0 Å². The van der Waals surface area contributed by atoms with Crippen molar-refractivity contribution >= 4 is 10.9 Å². The van der Waals surface area contributed by atoms with Crippen molar-refractivity contribution < 1.29 is 18.3 Å². The van der Waals surface area contributed by atoms with E-state index in [1.165, 1.54) is 6.07 Å². The summed E-state index contributed by atoms with van der Waals surface area (Å²) in [6.07, 6.45) is -4.46. The highest BCUT2D eigenvalue weighted by Crippen LogP contribution is 2.35. The van der Waals surface area contributed by atoms with Crippen LogP contribution in [0.15, 0.2) is 24.3 Å². The van der Waals surface area contributed by atoms with E-state index in [2.05, 4.69) is 4.98 Å². The van der Waals surface area contributed by atoms with Crippen LogP contribution in [0.4, 0.5) is 13.2 Å². The summed E-state index contributed by atoms with van der Waals surface area (Å²) in [5.74, 6) is -0.450. The lowest BCUT2D eigenvalue weighted by molar-refractivity contribution is -0.137. The van der Waals surface area contributed by atoms with Crippen molar-refractivity contribution in [3.63, 3.8) is 0 Å². The van der Waals surface area contributed by atoms with Crippen molar-refractivity contribution in [3.8, 4) is 5.75 Å². The van der Waals surface area contributed by atoms with Crippen LogP contribution in [-0.2, 0) is 6.18 Å². The monoisotopic (exact) mass is 227 g/mol. The third kappa shape index (κ3) is 1.80. The zero-order chi connectivity index (χ0) is 11.9. The maximum Gasteiger partial charge on any atom is 0.416 e. The second kappa shape index (κ2) is 3.37. The minimum absolute atomic E-state index is 0.188. The number of phenols is 1. The molecular formula is C11H8F3NO. The van der Waals surface area contributed by atoms with Gasteiger partial charge in [-0.05, 0) is 25.1 Å². The standard InChI is InChI=1S/C11H8F3NO/c1-6-2-3-7-4-8(11(12,13)14)5-9(16)10(7)15-6/h2-5,16H,1H3. The van der Waals surface area contributed by atoms with Crippen LogP contribution in [0.25, 0.3) is 10.9 Å². The number of hydrogen-bond acceptors (Lipinski definition) is 2. The summed E-state index contributed by atoms with van der Waals surface area (Å²) < 4.78 is 37.3. The number of aromatic nitrogens is 1. The number of hydrogen-bond donors (Lipinski definition) is 1. The highest BCUT2D eigenvalue weighted by molar-refractivity contribution is 5.85. The van der Waals surface area contributed by atoms with Gasteiger partial charge >= 0.3 is 6.18 Å². The molecule has 0 atom stereocenters. The fourth-order valence-corrected chi connectivity index (χ4v) is 1.48. The molecule has 0 amide bonds. The van der Waals surface area contributed by atoms with Gasteiger partial charge in [-0.25, -0.2) is 4.98 Å². The van der Waals surface area contributed by atoms with Crippen molar-refractivity contribution in [2.45, 2.75) is 13.1 Å². The molecule has 0 saturated carbocycles. The summed E-state index contributed by atoms with van der Waals surface area (Å²) in [5.41, 5.74) is -0.0429. The number of rotatable bonds is 0. The fourth-order valence-electron chi connectivity index (χ4n) is 1.48. The molecule has 0 spiro atoms. The van der Waals surface area contributed by atoms with Crippen molar-refractivity contribution in [2.75, 3.05) is 0 Å². The molecule has 2 nitrogen and oxygen atoms in total. The minimum atomic E-state index is -4.46. The summed E-state index contributed by atoms with van der Waals surface area (Å²) in [6, 6.07) is 4.77. The number of aromatic hydroxyl groups is 1. The molecule has 0 bridgehead atoms. The summed E-state index contributed by atoms with van der Waals surface area (Å²) in [7, 11) is 0. The van der Waals surface area contributed by atoms with Crippen LogP contribution >= 0.6 is 0 Å². The van der Waals surface area contributed by atoms with Gasteiger partial charge in [-0.2, -0.15) is 13.2 Å². The molecule has 5 heteroatoms. The van der Waals surface area contributed by atoms with Gasteiger partial charge < -0.3 is 5.11 Å². The molecule has 1 aromatic carbocycles. The zero-order valence-electron chi connectivity index (χ0n) is 8.34. The van der Waals surface area contributed by atoms with Crippen LogP contribution in [0.2, 0.25) is 0 Å². The van der Waals surface area contributed by atoms with Crippen LogP contribution in [0.5, 0.6) is 5.75 Å². The molecule has 0 aliphatic rings. The van der Waals surface area contributed by atoms with E-state index >= 15 is 0 Å². The average molecular weight is 227 g/mol. The SMILES string of the molecule is Cc1ccc2cc(C(F)(F)F)cc(O)c2n1. The Balaban J connectivity index is 2.74. The molecule has 0 aliphatic carbocycles. The number of nitrogens with zero attached hydrogens (tertiary/aromatic N) is 1. The lowest BCUT2D eigenvalue weighted by Crippen LogP contribution is -2.04. The molecular weight excluding hydrogens is 219 g/mol. The Kier molecular flexibility index (Phi) is 2.26. The number of alkyl halides is 3. The van der Waals surface area contributed by atoms with Gasteiger partial charge in [-0.1, -0.05) is 6.07 Å². The van der Waals surface area contributed by atoms with Crippen LogP contribution < -0.4 is 0 Å². The van der Waals surface area contributed by atoms with E-state index < -0.39 is 17.5 Å². The molecule has 1 aromatic heterocycles. The second-order valence-corrected chi connectivity index (χ2v) is 3.52. The van der Waals surface area contributed by atoms with Gasteiger partial charge in [0.1, 0.15) is 11.3 Å². The van der Waals surface area contributed by atoms with Gasteiger partial charge in [0.25, 0.3) is 0 Å². The Hall–Kier alpha value is -1.78. The molecule has 0 aliphatic heterocycles. The molecule has 0 radical (unpaired) electrons. The predicted octanol–water partition coefficient (Wildman–Crippen LogP) is 3.27. The second-order valence-electron chi connectivity index (χ2n) is 3.52. The summed E-state index contributed by atoms with van der Waals surface area (Å²) in [6.45, 7) is 1.70. The minimum Gasteiger partial charge on any atom is -0.506 e. The smallest absolute Gasteiger partial charge is 0.416 e. The van der Waals surface area contributed by atoms with Gasteiger partial charge in [0.2, 0.25) is 0 Å². The Morgan fingerprint density at radius 2 is 1.88 bits per heavy atom. The normalized spacial score (nSPS) is 12.0. The first-order valence-corrected chi connectivity index (χ1v) is 4.55. The van der Waals surface area contributed by atoms with E-state index in [0.29, 0.717) is 11.8 Å². The molecule has 1 N–H and O–H groups in total. The summed E-state index contributed by atoms with van der Waals surface area (Å²) >= 11 is 0. The number of halogens is 3. The van der Waals surface area contributed by atoms with E-state index in [-0.39, 0.29) is 10.9 Å². The van der Waals surface area contributed by atoms with Crippen molar-refractivity contribution in [1.29, 1.82) is 0 Å². The maximum absolute atomic E-state index is 12.4. The van der Waals surface area contributed by atoms with E-state index in [9.17, 15) is 18.3 Å². The fraction of sp³-hybridized carbons (Fsp3) is 0.182. The van der Waals surface area contributed by atoms with Gasteiger partial charge in [0.05, 0.1) is 5.56 Å². The molecule has 0 fully saturated rings. The van der Waals surface area contributed by atoms with Gasteiger partial charge in [-0.15, -0.1) is 0 Å². The van der Waals surface area contributed by atoms with Crippen LogP contribution in [0, 0.1) is 6.92 Å². The molecule has 0 unspecified atom stereocenters. The largest absolute Gasteiger partial charge is 0.506 e. The van der Waals surface area contributed by atoms with Crippen LogP contribution in [0.1, 0.15) is 11.3 Å². The first-order chi connectivity index (χ1) is 7.38. The Bertz CT molecular complexity index is 549. The van der Waals surface area contributed by atoms with Crippen molar-refractivity contribution in [1.82, 2.24) is 4.98 Å². The zero-order valence-corrected chi connectivity index (χ0v) is 8.34. The highest BCUT2D eigenvalue weighted by Gasteiger charge is 2.31. The number of aryl methyl sites for hydroxylation is 1. The average Bonchev–Trinajstić information content (AvgIpc) is 2.17. The van der Waals surface area contributed by atoms with Crippen LogP contribution in [-0.4, -0.2) is 10.1 Å². The maximum atomic E-state index is 12.4. The van der Waals surface area contributed by atoms with Gasteiger partial charge in [-0.3, -0.25) is 0 Å². The number of phenolic OH excluding ortho intramolecular Hbond substituents is 1. The molecule has 2 rings (SSSR count). The van der Waals surface area contributed by atoms with E-state index in [0.717, 1.165) is 6.07 Å². The lowest BCUT2D eigenvalue weighted by atomic mass is 10.1. The third-order valence-corrected chi connectivity index (χ3v) is 2.24. The molecule has 16 heavy (non-hydrogen) atoms. The number of benzene rings is 1. The molecule has 0 saturated heterocycles. The lowest BCUT2D eigenvalue weighted by Gasteiger charge is -2.09.